The Morgan fingerprint density at radius 1 is 1.16 bits per heavy atom. The lowest BCUT2D eigenvalue weighted by atomic mass is 10.0. The van der Waals surface area contributed by atoms with E-state index in [2.05, 4.69) is 5.32 Å². The molecular weight excluding hydrogens is 432 g/mol. The highest BCUT2D eigenvalue weighted by molar-refractivity contribution is 7.93. The minimum absolute atomic E-state index is 0.0954. The summed E-state index contributed by atoms with van der Waals surface area (Å²) < 4.78 is 35.9. The number of nitrogens with zero attached hydrogens (tertiary/aromatic N) is 1. The summed E-state index contributed by atoms with van der Waals surface area (Å²) >= 11 is 0. The molecule has 2 aliphatic rings. The van der Waals surface area contributed by atoms with Crippen LogP contribution in [0.5, 0.6) is 5.75 Å². The molecule has 0 radical (unpaired) electrons. The molecule has 2 aromatic carbocycles. The van der Waals surface area contributed by atoms with Crippen LogP contribution >= 0.6 is 0 Å². The molecule has 2 aromatic rings. The zero-order valence-corrected chi connectivity index (χ0v) is 18.6. The molecular formula is C23H26N2O6S. The summed E-state index contributed by atoms with van der Waals surface area (Å²) in [6.45, 7) is -0.0262. The third-order valence-electron chi connectivity index (χ3n) is 5.69. The van der Waals surface area contributed by atoms with Gasteiger partial charge in [-0.3, -0.25) is 9.10 Å². The molecule has 1 amide bonds. The second-order valence-corrected chi connectivity index (χ2v) is 10.0. The van der Waals surface area contributed by atoms with Crippen molar-refractivity contribution in [2.24, 2.45) is 5.92 Å². The van der Waals surface area contributed by atoms with Crippen molar-refractivity contribution in [1.29, 1.82) is 0 Å². The average molecular weight is 459 g/mol. The second-order valence-electron chi connectivity index (χ2n) is 8.02. The third kappa shape index (κ3) is 5.04. The number of ether oxygens (including phenoxy) is 2. The molecule has 0 spiro atoms. The van der Waals surface area contributed by atoms with E-state index in [0.29, 0.717) is 24.6 Å². The van der Waals surface area contributed by atoms with Crippen LogP contribution in [0.1, 0.15) is 41.2 Å². The Labute approximate surface area is 187 Å². The average Bonchev–Trinajstić information content (AvgIpc) is 3.58. The predicted molar refractivity (Wildman–Crippen MR) is 119 cm³/mol. The second kappa shape index (κ2) is 9.20. The van der Waals surface area contributed by atoms with Gasteiger partial charge in [0.1, 0.15) is 5.75 Å². The molecule has 4 rings (SSSR count). The van der Waals surface area contributed by atoms with Crippen LogP contribution in [0.25, 0.3) is 0 Å². The van der Waals surface area contributed by atoms with Crippen LogP contribution in [0.3, 0.4) is 0 Å². The largest absolute Gasteiger partial charge is 0.497 e. The van der Waals surface area contributed by atoms with Gasteiger partial charge in [0, 0.05) is 6.54 Å². The molecule has 0 bridgehead atoms. The van der Waals surface area contributed by atoms with E-state index in [0.717, 1.165) is 24.2 Å². The quantitative estimate of drug-likeness (QED) is 0.610. The molecule has 8 nitrogen and oxygen atoms in total. The molecule has 1 unspecified atom stereocenters. The lowest BCUT2D eigenvalue weighted by Crippen LogP contribution is -2.33. The number of carbonyl (C=O) groups excluding carboxylic acids is 2. The van der Waals surface area contributed by atoms with Crippen LogP contribution in [0.4, 0.5) is 5.69 Å². The Hall–Kier alpha value is -3.07. The topological polar surface area (TPSA) is 102 Å². The molecule has 2 fully saturated rings. The highest BCUT2D eigenvalue weighted by atomic mass is 32.2. The van der Waals surface area contributed by atoms with Gasteiger partial charge < -0.3 is 14.8 Å². The van der Waals surface area contributed by atoms with E-state index in [1.807, 2.05) is 24.3 Å². The van der Waals surface area contributed by atoms with Gasteiger partial charge in [-0.1, -0.05) is 18.2 Å². The van der Waals surface area contributed by atoms with Gasteiger partial charge in [0.2, 0.25) is 10.0 Å². The Balaban J connectivity index is 1.36. The summed E-state index contributed by atoms with van der Waals surface area (Å²) in [7, 11) is -1.75. The first-order valence-electron chi connectivity index (χ1n) is 10.6. The molecule has 1 saturated heterocycles. The van der Waals surface area contributed by atoms with Crippen LogP contribution < -0.4 is 14.4 Å². The van der Waals surface area contributed by atoms with E-state index in [1.54, 1.807) is 19.2 Å². The Kier molecular flexibility index (Phi) is 6.36. The number of hydrogen-bond donors (Lipinski definition) is 1. The van der Waals surface area contributed by atoms with Crippen molar-refractivity contribution >= 4 is 27.6 Å². The van der Waals surface area contributed by atoms with Crippen molar-refractivity contribution in [3.8, 4) is 5.75 Å². The first-order chi connectivity index (χ1) is 15.4. The Morgan fingerprint density at radius 3 is 2.53 bits per heavy atom. The molecule has 1 heterocycles. The molecule has 0 aromatic heterocycles. The fourth-order valence-electron chi connectivity index (χ4n) is 3.86. The molecule has 170 valence electrons. The first kappa shape index (κ1) is 22.1. The molecule has 1 aliphatic carbocycles. The van der Waals surface area contributed by atoms with Crippen molar-refractivity contribution in [2.45, 2.75) is 25.3 Å². The summed E-state index contributed by atoms with van der Waals surface area (Å²) in [4.78, 5) is 24.9. The highest BCUT2D eigenvalue weighted by Crippen LogP contribution is 2.41. The van der Waals surface area contributed by atoms with Gasteiger partial charge in [0.15, 0.2) is 6.61 Å². The van der Waals surface area contributed by atoms with E-state index < -0.39 is 22.6 Å². The number of rotatable bonds is 8. The maximum Gasteiger partial charge on any atom is 0.338 e. The number of hydrogen-bond acceptors (Lipinski definition) is 6. The van der Waals surface area contributed by atoms with Crippen LogP contribution in [-0.2, 0) is 19.6 Å². The van der Waals surface area contributed by atoms with Gasteiger partial charge in [-0.05, 0) is 61.1 Å². The number of sulfonamides is 1. The molecule has 1 saturated carbocycles. The van der Waals surface area contributed by atoms with Gasteiger partial charge >= 0.3 is 5.97 Å². The molecule has 1 atom stereocenters. The summed E-state index contributed by atoms with van der Waals surface area (Å²) in [5.41, 5.74) is 1.61. The van der Waals surface area contributed by atoms with Crippen molar-refractivity contribution in [3.05, 3.63) is 59.7 Å². The zero-order chi connectivity index (χ0) is 22.7. The minimum Gasteiger partial charge on any atom is -0.497 e. The number of carbonyl (C=O) groups is 2. The lowest BCUT2D eigenvalue weighted by molar-refractivity contribution is -0.125. The van der Waals surface area contributed by atoms with Gasteiger partial charge in [-0.15, -0.1) is 0 Å². The fourth-order valence-corrected chi connectivity index (χ4v) is 5.42. The van der Waals surface area contributed by atoms with E-state index in [9.17, 15) is 18.0 Å². The number of amides is 1. The summed E-state index contributed by atoms with van der Waals surface area (Å²) in [5, 5.41) is 2.96. The van der Waals surface area contributed by atoms with Gasteiger partial charge in [-0.2, -0.15) is 0 Å². The van der Waals surface area contributed by atoms with Crippen LogP contribution in [0.2, 0.25) is 0 Å². The smallest absolute Gasteiger partial charge is 0.338 e. The number of benzene rings is 2. The monoisotopic (exact) mass is 458 g/mol. The van der Waals surface area contributed by atoms with Crippen molar-refractivity contribution in [2.75, 3.05) is 30.3 Å². The number of esters is 1. The van der Waals surface area contributed by atoms with Crippen molar-refractivity contribution in [3.63, 3.8) is 0 Å². The van der Waals surface area contributed by atoms with Gasteiger partial charge in [0.25, 0.3) is 5.91 Å². The van der Waals surface area contributed by atoms with Crippen LogP contribution in [-0.4, -0.2) is 46.3 Å². The Morgan fingerprint density at radius 2 is 1.91 bits per heavy atom. The normalized spacial score (nSPS) is 18.1. The van der Waals surface area contributed by atoms with Crippen LogP contribution in [0, 0.1) is 5.92 Å². The summed E-state index contributed by atoms with van der Waals surface area (Å²) in [6.07, 6.45) is 2.61. The molecule has 1 N–H and O–H groups in total. The van der Waals surface area contributed by atoms with Gasteiger partial charge in [-0.25, -0.2) is 13.2 Å². The number of methoxy groups -OCH3 is 1. The van der Waals surface area contributed by atoms with E-state index in [1.165, 1.54) is 16.4 Å². The van der Waals surface area contributed by atoms with E-state index in [-0.39, 0.29) is 23.3 Å². The minimum atomic E-state index is -3.35. The number of anilines is 1. The summed E-state index contributed by atoms with van der Waals surface area (Å²) in [6, 6.07) is 13.7. The van der Waals surface area contributed by atoms with Crippen LogP contribution in [0.15, 0.2) is 48.5 Å². The van der Waals surface area contributed by atoms with E-state index in [4.69, 9.17) is 9.47 Å². The SMILES string of the molecule is COc1ccc(C(NC(=O)COC(=O)c2cccc(N3CCCS3(=O)=O)c2)C2CC2)cc1. The van der Waals surface area contributed by atoms with Gasteiger partial charge in [0.05, 0.1) is 30.2 Å². The number of nitrogens with one attached hydrogen (secondary N) is 1. The maximum atomic E-state index is 12.5. The highest BCUT2D eigenvalue weighted by Gasteiger charge is 2.33. The Bertz CT molecular complexity index is 1100. The summed E-state index contributed by atoms with van der Waals surface area (Å²) in [5.74, 6) is 0.142. The molecule has 9 heteroatoms. The predicted octanol–water partition coefficient (Wildman–Crippen LogP) is 2.66. The van der Waals surface area contributed by atoms with E-state index >= 15 is 0 Å². The first-order valence-corrected chi connectivity index (χ1v) is 12.2. The zero-order valence-electron chi connectivity index (χ0n) is 17.8. The third-order valence-corrected chi connectivity index (χ3v) is 7.56. The lowest BCUT2D eigenvalue weighted by Gasteiger charge is -2.19. The standard InChI is InChI=1S/C23H26N2O6S/c1-30-20-10-8-17(9-11-20)22(16-6-7-16)24-21(26)15-31-23(27)18-4-2-5-19(14-18)25-12-3-13-32(25,28)29/h2,4-5,8-11,14,16,22H,3,6-7,12-13,15H2,1H3,(H,24,26). The van der Waals surface area contributed by atoms with Crippen molar-refractivity contribution in [1.82, 2.24) is 5.32 Å². The fraction of sp³-hybridized carbons (Fsp3) is 0.391. The molecule has 1 aliphatic heterocycles. The molecule has 32 heavy (non-hydrogen) atoms. The van der Waals surface area contributed by atoms with Crippen molar-refractivity contribution < 1.29 is 27.5 Å². The maximum absolute atomic E-state index is 12.5.